The van der Waals surface area contributed by atoms with Crippen molar-refractivity contribution in [1.82, 2.24) is 0 Å². The zero-order chi connectivity index (χ0) is 11.5. The molecule has 0 unspecified atom stereocenters. The summed E-state index contributed by atoms with van der Waals surface area (Å²) in [7, 11) is 0. The number of aliphatic hydroxyl groups is 2. The number of rotatable bonds is 1. The van der Waals surface area contributed by atoms with E-state index in [2.05, 4.69) is 42.5 Å². The third-order valence-electron chi connectivity index (χ3n) is 1.65. The third-order valence-corrected chi connectivity index (χ3v) is 1.65. The zero-order valence-corrected chi connectivity index (χ0v) is 15.7. The number of aliphatic hydroxyl groups excluding tert-OH is 2. The van der Waals surface area contributed by atoms with Crippen LogP contribution in [0.25, 0.3) is 10.8 Å². The van der Waals surface area contributed by atoms with Gasteiger partial charge >= 0.3 is 27.5 Å². The molecule has 2 aromatic carbocycles. The van der Waals surface area contributed by atoms with Gasteiger partial charge in [0.25, 0.3) is 0 Å². The first-order valence-electron chi connectivity index (χ1n) is 4.41. The third kappa shape index (κ3) is 14.4. The molecule has 0 fully saturated rings. The molecule has 0 saturated heterocycles. The average molecular weight is 400 g/mol. The molecule has 0 bridgehead atoms. The predicted molar refractivity (Wildman–Crippen MR) is 81.1 cm³/mol. The Kier molecular flexibility index (Phi) is 38.8. The molecule has 2 N–H and O–H groups in total. The molecular weight excluding hydrogens is 382 g/mol. The zero-order valence-electron chi connectivity index (χ0n) is 10.6. The van der Waals surface area contributed by atoms with Gasteiger partial charge in [-0.25, -0.2) is 0 Å². The van der Waals surface area contributed by atoms with Gasteiger partial charge in [-0.3, -0.25) is 0 Å². The van der Waals surface area contributed by atoms with Gasteiger partial charge in [0.15, 0.2) is 0 Å². The monoisotopic (exact) mass is 398 g/mol. The topological polar surface area (TPSA) is 57.5 Å². The van der Waals surface area contributed by atoms with Gasteiger partial charge in [0.2, 0.25) is 0 Å². The van der Waals surface area contributed by atoms with Gasteiger partial charge in [-0.2, -0.15) is 17.5 Å². The number of hydrogen-bond donors (Lipinski definition) is 2. The summed E-state index contributed by atoms with van der Waals surface area (Å²) in [6.07, 6.45) is 0. The molecular formula is C12H18Cl2O3SiZr. The van der Waals surface area contributed by atoms with Crippen LogP contribution in [-0.4, -0.2) is 34.4 Å². The summed E-state index contributed by atoms with van der Waals surface area (Å²) in [5.41, 5.74) is 0. The number of fused-ring (bicyclic) bond motifs is 1. The van der Waals surface area contributed by atoms with Crippen molar-refractivity contribution in [2.24, 2.45) is 0 Å². The Balaban J connectivity index is -0.0000000587. The van der Waals surface area contributed by atoms with E-state index in [4.69, 9.17) is 13.0 Å². The standard InChI is InChI=1S/C9H7.C2H6O2.CH3.2ClH.O.Si.Zr/c1-2-5-9-7-3-6-8(9)4-1;3-1-2-4;;;;;;/h1-7H;3-4H,1-2H2;1H3;2*1H;;;/q-1;;-1;;;;;+2. The summed E-state index contributed by atoms with van der Waals surface area (Å²) in [6.45, 7) is -0.250. The van der Waals surface area contributed by atoms with Crippen molar-refractivity contribution in [2.45, 2.75) is 0 Å². The van der Waals surface area contributed by atoms with E-state index < -0.39 is 0 Å². The molecule has 0 aliphatic carbocycles. The smallest absolute Gasteiger partial charge is 0 e. The Morgan fingerprint density at radius 1 is 1.00 bits per heavy atom. The minimum absolute atomic E-state index is 0. The summed E-state index contributed by atoms with van der Waals surface area (Å²) in [5.74, 6) is 0. The molecule has 0 saturated carbocycles. The van der Waals surface area contributed by atoms with Crippen molar-refractivity contribution in [2.75, 3.05) is 13.2 Å². The second-order valence-corrected chi connectivity index (χ2v) is 2.60. The Morgan fingerprint density at radius 3 is 1.89 bits per heavy atom. The molecule has 0 atom stereocenters. The van der Waals surface area contributed by atoms with E-state index in [-0.39, 0.29) is 56.4 Å². The van der Waals surface area contributed by atoms with Crippen molar-refractivity contribution >= 4 is 46.6 Å². The van der Waals surface area contributed by atoms with Gasteiger partial charge in [0.1, 0.15) is 0 Å². The molecule has 19 heavy (non-hydrogen) atoms. The second kappa shape index (κ2) is 23.3. The maximum atomic E-state index is 8.34. The van der Waals surface area contributed by atoms with Gasteiger partial charge in [-0.15, -0.1) is 54.5 Å². The van der Waals surface area contributed by atoms with Crippen LogP contribution in [0.4, 0.5) is 0 Å². The Hall–Kier alpha value is 0.230. The fourth-order valence-electron chi connectivity index (χ4n) is 1.07. The molecule has 0 aromatic heterocycles. The van der Waals surface area contributed by atoms with Crippen molar-refractivity contribution in [1.29, 1.82) is 0 Å². The van der Waals surface area contributed by atoms with Crippen LogP contribution < -0.4 is 0 Å². The van der Waals surface area contributed by atoms with E-state index in [0.29, 0.717) is 24.7 Å². The first kappa shape index (κ1) is 31.6. The van der Waals surface area contributed by atoms with Crippen molar-refractivity contribution in [3.8, 4) is 0 Å². The quantitative estimate of drug-likeness (QED) is 0.571. The summed E-state index contributed by atoms with van der Waals surface area (Å²) in [6, 6.07) is 14.7. The van der Waals surface area contributed by atoms with Crippen LogP contribution in [0, 0.1) is 7.43 Å². The molecule has 0 amide bonds. The van der Waals surface area contributed by atoms with Crippen LogP contribution in [0.2, 0.25) is 0 Å². The summed E-state index contributed by atoms with van der Waals surface area (Å²) in [5, 5.41) is 17.9. The predicted octanol–water partition coefficient (Wildman–Crippen LogP) is 2.32. The van der Waals surface area contributed by atoms with E-state index in [1.807, 2.05) is 0 Å². The maximum Gasteiger partial charge on any atom is 0 e. The second-order valence-electron chi connectivity index (χ2n) is 2.60. The van der Waals surface area contributed by atoms with Crippen molar-refractivity contribution < 1.29 is 37.7 Å². The average Bonchev–Trinajstić information content (AvgIpc) is 2.80. The molecule has 0 heterocycles. The van der Waals surface area contributed by atoms with E-state index >= 15 is 0 Å². The number of hydrogen-bond acceptors (Lipinski definition) is 3. The van der Waals surface area contributed by atoms with Crippen LogP contribution in [0.15, 0.2) is 42.5 Å². The van der Waals surface area contributed by atoms with Crippen LogP contribution >= 0.6 is 24.8 Å². The fourth-order valence-corrected chi connectivity index (χ4v) is 1.07. The van der Waals surface area contributed by atoms with E-state index in [0.717, 1.165) is 0 Å². The minimum atomic E-state index is -0.125. The van der Waals surface area contributed by atoms with Gasteiger partial charge in [-0.1, -0.05) is 6.07 Å². The Bertz CT molecular complexity index is 342. The normalized spacial score (nSPS) is 6.74. The SMILES string of the molecule is Cl.Cl.OCCO.[CH3-].[O]=[Zr+2].[Si].c1ccc2[cH-]ccc2c1. The van der Waals surface area contributed by atoms with Gasteiger partial charge < -0.3 is 17.6 Å². The number of benzene rings is 1. The van der Waals surface area contributed by atoms with E-state index in [9.17, 15) is 0 Å². The Labute approximate surface area is 146 Å². The molecule has 0 aliphatic rings. The van der Waals surface area contributed by atoms with Crippen molar-refractivity contribution in [3.05, 3.63) is 49.9 Å². The molecule has 0 aliphatic heterocycles. The fraction of sp³-hybridized carbons (Fsp3) is 0.167. The molecule has 2 aromatic rings. The molecule has 7 heteroatoms. The summed E-state index contributed by atoms with van der Waals surface area (Å²) < 4.78 is 8.34. The Morgan fingerprint density at radius 2 is 1.47 bits per heavy atom. The van der Waals surface area contributed by atoms with Gasteiger partial charge in [-0.05, 0) is 0 Å². The van der Waals surface area contributed by atoms with Gasteiger partial charge in [0, 0.05) is 11.0 Å². The van der Waals surface area contributed by atoms with Crippen LogP contribution in [0.3, 0.4) is 0 Å². The van der Waals surface area contributed by atoms with Crippen LogP contribution in [0.5, 0.6) is 0 Å². The number of halogens is 2. The summed E-state index contributed by atoms with van der Waals surface area (Å²) >= 11 is 0.300. The largest absolute Gasteiger partial charge is 0.168 e. The first-order chi connectivity index (χ1) is 7.38. The minimum Gasteiger partial charge on any atom is -0.168 e. The van der Waals surface area contributed by atoms with E-state index in [1.165, 1.54) is 10.8 Å². The van der Waals surface area contributed by atoms with Crippen LogP contribution in [-0.2, 0) is 27.5 Å². The molecule has 106 valence electrons. The van der Waals surface area contributed by atoms with Gasteiger partial charge in [0.05, 0.1) is 13.2 Å². The molecule has 4 radical (unpaired) electrons. The molecule has 3 nitrogen and oxygen atoms in total. The summed E-state index contributed by atoms with van der Waals surface area (Å²) in [4.78, 5) is 0. The first-order valence-corrected chi connectivity index (χ1v) is 5.41. The molecule has 2 rings (SSSR count). The maximum absolute atomic E-state index is 8.34. The van der Waals surface area contributed by atoms with Crippen LogP contribution in [0.1, 0.15) is 0 Å². The van der Waals surface area contributed by atoms with Crippen molar-refractivity contribution in [3.63, 3.8) is 0 Å². The molecule has 0 spiro atoms. The van der Waals surface area contributed by atoms with E-state index in [1.54, 1.807) is 0 Å².